The second kappa shape index (κ2) is 4.90. The molecule has 0 aliphatic rings. The first kappa shape index (κ1) is 13.4. The van der Waals surface area contributed by atoms with Crippen LogP contribution in [0.3, 0.4) is 0 Å². The van der Waals surface area contributed by atoms with Gasteiger partial charge in [-0.25, -0.2) is 8.78 Å². The molecule has 1 nitrogen and oxygen atoms in total. The number of thiophene rings is 1. The van der Waals surface area contributed by atoms with Crippen LogP contribution in [0.4, 0.5) is 8.78 Å². The lowest BCUT2D eigenvalue weighted by Crippen LogP contribution is -2.06. The summed E-state index contributed by atoms with van der Waals surface area (Å²) >= 11 is 4.53. The van der Waals surface area contributed by atoms with Gasteiger partial charge in [0.15, 0.2) is 11.6 Å². The highest BCUT2D eigenvalue weighted by molar-refractivity contribution is 9.11. The fourth-order valence-corrected chi connectivity index (χ4v) is 2.99. The average molecular weight is 331 g/mol. The van der Waals surface area contributed by atoms with Crippen LogP contribution in [-0.4, -0.2) is 5.78 Å². The van der Waals surface area contributed by atoms with Gasteiger partial charge < -0.3 is 0 Å². The van der Waals surface area contributed by atoms with Crippen LogP contribution in [0, 0.1) is 25.5 Å². The maximum absolute atomic E-state index is 13.4. The highest BCUT2D eigenvalue weighted by atomic mass is 79.9. The predicted molar refractivity (Wildman–Crippen MR) is 71.3 cm³/mol. The third kappa shape index (κ3) is 2.24. The van der Waals surface area contributed by atoms with Crippen molar-refractivity contribution in [3.8, 4) is 0 Å². The molecule has 0 atom stereocenters. The standard InChI is InChI=1S/C13H9BrF2OS/c1-6-7(2)12(16)9(15)5-8(6)13(17)10-3-4-11(14)18-10/h3-5H,1-2H3. The Balaban J connectivity index is 2.55. The Labute approximate surface area is 116 Å². The summed E-state index contributed by atoms with van der Waals surface area (Å²) in [7, 11) is 0. The second-order valence-corrected chi connectivity index (χ2v) is 6.37. The minimum absolute atomic E-state index is 0.175. The number of halogens is 3. The topological polar surface area (TPSA) is 17.1 Å². The van der Waals surface area contributed by atoms with Crippen LogP contribution in [0.15, 0.2) is 22.0 Å². The molecule has 0 N–H and O–H groups in total. The maximum Gasteiger partial charge on any atom is 0.203 e. The van der Waals surface area contributed by atoms with Crippen molar-refractivity contribution in [1.82, 2.24) is 0 Å². The number of rotatable bonds is 2. The number of benzene rings is 1. The number of carbonyl (C=O) groups is 1. The Hall–Kier alpha value is -1.07. The number of hydrogen-bond donors (Lipinski definition) is 0. The van der Waals surface area contributed by atoms with Gasteiger partial charge in [-0.05, 0) is 59.1 Å². The lowest BCUT2D eigenvalue weighted by molar-refractivity contribution is 0.104. The molecule has 94 valence electrons. The van der Waals surface area contributed by atoms with Gasteiger partial charge in [0.25, 0.3) is 0 Å². The molecule has 18 heavy (non-hydrogen) atoms. The van der Waals surface area contributed by atoms with E-state index in [0.29, 0.717) is 10.4 Å². The van der Waals surface area contributed by atoms with Crippen LogP contribution in [0.25, 0.3) is 0 Å². The highest BCUT2D eigenvalue weighted by Crippen LogP contribution is 2.27. The summed E-state index contributed by atoms with van der Waals surface area (Å²) in [5, 5.41) is 0. The van der Waals surface area contributed by atoms with E-state index >= 15 is 0 Å². The summed E-state index contributed by atoms with van der Waals surface area (Å²) < 4.78 is 27.5. The highest BCUT2D eigenvalue weighted by Gasteiger charge is 2.19. The Bertz CT molecular complexity index is 634. The normalized spacial score (nSPS) is 10.7. The van der Waals surface area contributed by atoms with Gasteiger partial charge in [0, 0.05) is 5.56 Å². The number of ketones is 1. The van der Waals surface area contributed by atoms with E-state index in [4.69, 9.17) is 0 Å². The van der Waals surface area contributed by atoms with Crippen molar-refractivity contribution in [2.75, 3.05) is 0 Å². The number of hydrogen-bond acceptors (Lipinski definition) is 2. The first-order valence-electron chi connectivity index (χ1n) is 5.17. The van der Waals surface area contributed by atoms with Gasteiger partial charge in [-0.1, -0.05) is 0 Å². The van der Waals surface area contributed by atoms with Crippen molar-refractivity contribution in [1.29, 1.82) is 0 Å². The smallest absolute Gasteiger partial charge is 0.203 e. The van der Waals surface area contributed by atoms with Crippen molar-refractivity contribution in [2.24, 2.45) is 0 Å². The van der Waals surface area contributed by atoms with Gasteiger partial charge >= 0.3 is 0 Å². The molecule has 0 spiro atoms. The third-order valence-corrected chi connectivity index (χ3v) is 4.44. The van der Waals surface area contributed by atoms with E-state index in [2.05, 4.69) is 15.9 Å². The summed E-state index contributed by atoms with van der Waals surface area (Å²) in [6.45, 7) is 3.09. The SMILES string of the molecule is Cc1c(C(=O)c2ccc(Br)s2)cc(F)c(F)c1C. The zero-order valence-electron chi connectivity index (χ0n) is 9.68. The van der Waals surface area contributed by atoms with E-state index in [1.54, 1.807) is 19.1 Å². The molecule has 5 heteroatoms. The summed E-state index contributed by atoms with van der Waals surface area (Å²) in [4.78, 5) is 12.7. The monoisotopic (exact) mass is 330 g/mol. The molecular formula is C13H9BrF2OS. The van der Waals surface area contributed by atoms with Crippen LogP contribution in [0.1, 0.15) is 26.4 Å². The Morgan fingerprint density at radius 1 is 1.22 bits per heavy atom. The largest absolute Gasteiger partial charge is 0.288 e. The minimum atomic E-state index is -0.989. The van der Waals surface area contributed by atoms with E-state index in [0.717, 1.165) is 9.85 Å². The van der Waals surface area contributed by atoms with Gasteiger partial charge in [-0.15, -0.1) is 11.3 Å². The molecule has 0 aliphatic carbocycles. The summed E-state index contributed by atoms with van der Waals surface area (Å²) in [5.74, 6) is -2.17. The van der Waals surface area contributed by atoms with E-state index in [9.17, 15) is 13.6 Å². The molecule has 1 aromatic carbocycles. The van der Waals surface area contributed by atoms with Crippen LogP contribution >= 0.6 is 27.3 Å². The first-order chi connectivity index (χ1) is 8.41. The molecule has 0 radical (unpaired) electrons. The fourth-order valence-electron chi connectivity index (χ4n) is 1.65. The molecular weight excluding hydrogens is 322 g/mol. The third-order valence-electron chi connectivity index (χ3n) is 2.82. The lowest BCUT2D eigenvalue weighted by Gasteiger charge is -2.08. The Kier molecular flexibility index (Phi) is 3.64. The second-order valence-electron chi connectivity index (χ2n) is 3.90. The van der Waals surface area contributed by atoms with Crippen LogP contribution < -0.4 is 0 Å². The van der Waals surface area contributed by atoms with Crippen molar-refractivity contribution in [2.45, 2.75) is 13.8 Å². The van der Waals surface area contributed by atoms with Gasteiger partial charge in [-0.2, -0.15) is 0 Å². The molecule has 0 saturated heterocycles. The Morgan fingerprint density at radius 3 is 2.44 bits per heavy atom. The zero-order valence-corrected chi connectivity index (χ0v) is 12.1. The van der Waals surface area contributed by atoms with Gasteiger partial charge in [-0.3, -0.25) is 4.79 Å². The van der Waals surface area contributed by atoms with Crippen molar-refractivity contribution in [3.63, 3.8) is 0 Å². The van der Waals surface area contributed by atoms with E-state index in [1.807, 2.05) is 0 Å². The lowest BCUT2D eigenvalue weighted by atomic mass is 9.98. The molecule has 0 unspecified atom stereocenters. The maximum atomic E-state index is 13.4. The molecule has 0 bridgehead atoms. The summed E-state index contributed by atoms with van der Waals surface area (Å²) in [5.41, 5.74) is 0.859. The van der Waals surface area contributed by atoms with Crippen LogP contribution in [0.2, 0.25) is 0 Å². The molecule has 0 amide bonds. The zero-order chi connectivity index (χ0) is 13.4. The van der Waals surface area contributed by atoms with Gasteiger partial charge in [0.1, 0.15) is 0 Å². The van der Waals surface area contributed by atoms with E-state index in [1.165, 1.54) is 18.3 Å². The van der Waals surface area contributed by atoms with Gasteiger partial charge in [0.2, 0.25) is 5.78 Å². The molecule has 2 rings (SSSR count). The Morgan fingerprint density at radius 2 is 1.89 bits per heavy atom. The van der Waals surface area contributed by atoms with Gasteiger partial charge in [0.05, 0.1) is 8.66 Å². The first-order valence-corrected chi connectivity index (χ1v) is 6.78. The van der Waals surface area contributed by atoms with E-state index < -0.39 is 11.6 Å². The predicted octanol–water partition coefficient (Wildman–Crippen LogP) is 4.64. The molecule has 0 saturated carbocycles. The minimum Gasteiger partial charge on any atom is -0.288 e. The molecule has 1 heterocycles. The molecule has 1 aromatic heterocycles. The average Bonchev–Trinajstić information content (AvgIpc) is 2.77. The van der Waals surface area contributed by atoms with E-state index in [-0.39, 0.29) is 16.9 Å². The van der Waals surface area contributed by atoms with Crippen molar-refractivity contribution in [3.05, 3.63) is 55.2 Å². The van der Waals surface area contributed by atoms with Crippen molar-refractivity contribution < 1.29 is 13.6 Å². The molecule has 0 fully saturated rings. The van der Waals surface area contributed by atoms with Crippen LogP contribution in [0.5, 0.6) is 0 Å². The molecule has 0 aliphatic heterocycles. The summed E-state index contributed by atoms with van der Waals surface area (Å²) in [6.07, 6.45) is 0. The fraction of sp³-hybridized carbons (Fsp3) is 0.154. The molecule has 2 aromatic rings. The quantitative estimate of drug-likeness (QED) is 0.733. The number of carbonyl (C=O) groups excluding carboxylic acids is 1. The summed E-state index contributed by atoms with van der Waals surface area (Å²) in [6, 6.07) is 4.38. The van der Waals surface area contributed by atoms with Crippen molar-refractivity contribution >= 4 is 33.0 Å². The van der Waals surface area contributed by atoms with Crippen LogP contribution in [-0.2, 0) is 0 Å².